The number of aryl methyl sites for hydroxylation is 1. The molecule has 0 amide bonds. The van der Waals surface area contributed by atoms with E-state index in [4.69, 9.17) is 16.7 Å². The zero-order chi connectivity index (χ0) is 25.4. The lowest BCUT2D eigenvalue weighted by Crippen LogP contribution is -2.47. The van der Waals surface area contributed by atoms with Crippen LogP contribution in [0.25, 0.3) is 11.1 Å². The molecule has 0 saturated heterocycles. The standard InChI is InChI=1S/C24H20ClF4NO4/c1-3-30-12-16(6-9-21(30)31)23(34,24(27,28)29)13(2)17-7-4-14(10-19(17)25)15-5-8-18(22(32)33)20(26)11-15/h4-13,34H,3H2,1-2H3,(H,32,33)/t13-,23-/m0/s1. The predicted molar refractivity (Wildman–Crippen MR) is 119 cm³/mol. The zero-order valence-electron chi connectivity index (χ0n) is 18.0. The summed E-state index contributed by atoms with van der Waals surface area (Å²) in [5.41, 5.74) is -4.33. The fraction of sp³-hybridized carbons (Fsp3) is 0.250. The van der Waals surface area contributed by atoms with Crippen LogP contribution in [-0.2, 0) is 12.1 Å². The van der Waals surface area contributed by atoms with Crippen molar-refractivity contribution in [3.8, 4) is 11.1 Å². The first-order valence-electron chi connectivity index (χ1n) is 10.1. The first kappa shape index (κ1) is 25.5. The van der Waals surface area contributed by atoms with Crippen LogP contribution in [0.4, 0.5) is 17.6 Å². The van der Waals surface area contributed by atoms with E-state index in [9.17, 15) is 32.3 Å². The quantitative estimate of drug-likeness (QED) is 0.436. The van der Waals surface area contributed by atoms with Crippen LogP contribution in [0.2, 0.25) is 5.02 Å². The number of hydrogen-bond acceptors (Lipinski definition) is 3. The molecule has 1 aromatic heterocycles. The third-order valence-electron chi connectivity index (χ3n) is 5.82. The lowest BCUT2D eigenvalue weighted by atomic mass is 9.78. The second-order valence-corrected chi connectivity index (χ2v) is 8.17. The van der Waals surface area contributed by atoms with Gasteiger partial charge in [0.15, 0.2) is 5.60 Å². The number of benzene rings is 2. The Balaban J connectivity index is 2.08. The van der Waals surface area contributed by atoms with Crippen LogP contribution in [0.5, 0.6) is 0 Å². The molecule has 10 heteroatoms. The van der Waals surface area contributed by atoms with Gasteiger partial charge in [-0.1, -0.05) is 36.7 Å². The summed E-state index contributed by atoms with van der Waals surface area (Å²) in [6, 6.07) is 9.30. The van der Waals surface area contributed by atoms with E-state index >= 15 is 0 Å². The molecule has 0 aliphatic heterocycles. The molecular formula is C24H20ClF4NO4. The van der Waals surface area contributed by atoms with Gasteiger partial charge in [-0.25, -0.2) is 9.18 Å². The summed E-state index contributed by atoms with van der Waals surface area (Å²) in [6.07, 6.45) is -4.14. The fourth-order valence-electron chi connectivity index (χ4n) is 3.81. The van der Waals surface area contributed by atoms with Crippen LogP contribution in [0, 0.1) is 5.82 Å². The van der Waals surface area contributed by atoms with Crippen molar-refractivity contribution in [3.63, 3.8) is 0 Å². The topological polar surface area (TPSA) is 79.5 Å². The number of aliphatic hydroxyl groups is 1. The maximum absolute atomic E-state index is 14.2. The van der Waals surface area contributed by atoms with Gasteiger partial charge in [0.25, 0.3) is 5.56 Å². The summed E-state index contributed by atoms with van der Waals surface area (Å²) in [5.74, 6) is -3.99. The molecule has 3 aromatic rings. The van der Waals surface area contributed by atoms with Crippen molar-refractivity contribution < 1.29 is 32.6 Å². The van der Waals surface area contributed by atoms with Gasteiger partial charge in [-0.3, -0.25) is 4.79 Å². The number of nitrogens with zero attached hydrogens (tertiary/aromatic N) is 1. The highest BCUT2D eigenvalue weighted by molar-refractivity contribution is 6.31. The summed E-state index contributed by atoms with van der Waals surface area (Å²) in [6.45, 7) is 2.86. The molecule has 0 saturated carbocycles. The molecule has 0 spiro atoms. The normalized spacial score (nSPS) is 14.5. The van der Waals surface area contributed by atoms with Crippen LogP contribution in [-0.4, -0.2) is 26.9 Å². The maximum Gasteiger partial charge on any atom is 0.422 e. The van der Waals surface area contributed by atoms with Gasteiger partial charge >= 0.3 is 12.1 Å². The molecule has 2 N–H and O–H groups in total. The van der Waals surface area contributed by atoms with Crippen molar-refractivity contribution in [2.75, 3.05) is 0 Å². The molecule has 3 rings (SSSR count). The van der Waals surface area contributed by atoms with Gasteiger partial charge in [-0.15, -0.1) is 0 Å². The molecule has 1 heterocycles. The SMILES string of the molecule is CCn1cc([C@@](O)([C@@H](C)c2ccc(-c3ccc(C(=O)O)c(F)c3)cc2Cl)C(F)(F)F)ccc1=O. The molecule has 180 valence electrons. The minimum Gasteiger partial charge on any atom is -0.478 e. The molecule has 0 aliphatic carbocycles. The second-order valence-electron chi connectivity index (χ2n) is 7.76. The summed E-state index contributed by atoms with van der Waals surface area (Å²) < 4.78 is 57.8. The number of halogens is 5. The van der Waals surface area contributed by atoms with Crippen molar-refractivity contribution in [3.05, 3.63) is 92.6 Å². The van der Waals surface area contributed by atoms with E-state index in [1.54, 1.807) is 6.92 Å². The highest BCUT2D eigenvalue weighted by Crippen LogP contribution is 2.49. The van der Waals surface area contributed by atoms with Crippen LogP contribution in [0.1, 0.15) is 41.3 Å². The summed E-state index contributed by atoms with van der Waals surface area (Å²) in [5, 5.41) is 19.8. The number of alkyl halides is 3. The molecular weight excluding hydrogens is 478 g/mol. The van der Waals surface area contributed by atoms with Gasteiger partial charge in [-0.2, -0.15) is 13.2 Å². The Kier molecular flexibility index (Phi) is 6.91. The third-order valence-corrected chi connectivity index (χ3v) is 6.15. The number of aromatic carboxylic acids is 1. The molecule has 0 radical (unpaired) electrons. The van der Waals surface area contributed by atoms with Crippen LogP contribution < -0.4 is 5.56 Å². The molecule has 0 fully saturated rings. The average molecular weight is 498 g/mol. The largest absolute Gasteiger partial charge is 0.478 e. The lowest BCUT2D eigenvalue weighted by molar-refractivity contribution is -0.274. The molecule has 2 atom stereocenters. The van der Waals surface area contributed by atoms with Gasteiger partial charge in [0.2, 0.25) is 0 Å². The number of carboxylic acids is 1. The predicted octanol–water partition coefficient (Wildman–Crippen LogP) is 5.58. The van der Waals surface area contributed by atoms with Gasteiger partial charge in [-0.05, 0) is 47.9 Å². The number of hydrogen-bond donors (Lipinski definition) is 2. The third kappa shape index (κ3) is 4.45. The van der Waals surface area contributed by atoms with Gasteiger partial charge in [0, 0.05) is 35.3 Å². The minimum atomic E-state index is -5.11. The summed E-state index contributed by atoms with van der Waals surface area (Å²) in [4.78, 5) is 22.8. The van der Waals surface area contributed by atoms with Gasteiger partial charge < -0.3 is 14.8 Å². The number of carboxylic acid groups (broad SMARTS) is 1. The van der Waals surface area contributed by atoms with E-state index < -0.39 is 46.2 Å². The van der Waals surface area contributed by atoms with E-state index in [2.05, 4.69) is 0 Å². The van der Waals surface area contributed by atoms with E-state index in [0.29, 0.717) is 5.56 Å². The Labute approximate surface area is 196 Å². The van der Waals surface area contributed by atoms with Gasteiger partial charge in [0.1, 0.15) is 5.82 Å². The maximum atomic E-state index is 14.2. The first-order chi connectivity index (χ1) is 15.8. The second kappa shape index (κ2) is 9.23. The zero-order valence-corrected chi connectivity index (χ0v) is 18.8. The number of aromatic nitrogens is 1. The van der Waals surface area contributed by atoms with E-state index in [0.717, 1.165) is 42.0 Å². The smallest absolute Gasteiger partial charge is 0.422 e. The average Bonchev–Trinajstić information content (AvgIpc) is 2.77. The summed E-state index contributed by atoms with van der Waals surface area (Å²) >= 11 is 6.30. The van der Waals surface area contributed by atoms with Crippen molar-refractivity contribution in [1.82, 2.24) is 4.57 Å². The molecule has 0 bridgehead atoms. The lowest BCUT2D eigenvalue weighted by Gasteiger charge is -2.37. The fourth-order valence-corrected chi connectivity index (χ4v) is 4.16. The van der Waals surface area contributed by atoms with Crippen molar-refractivity contribution >= 4 is 17.6 Å². The molecule has 5 nitrogen and oxygen atoms in total. The Hall–Kier alpha value is -3.17. The van der Waals surface area contributed by atoms with Crippen molar-refractivity contribution in [2.45, 2.75) is 38.1 Å². The van der Waals surface area contributed by atoms with E-state index in [1.807, 2.05) is 0 Å². The number of carbonyl (C=O) groups is 1. The molecule has 2 aromatic carbocycles. The molecule has 0 aliphatic rings. The van der Waals surface area contributed by atoms with Crippen LogP contribution >= 0.6 is 11.6 Å². The first-order valence-corrected chi connectivity index (χ1v) is 10.5. The Morgan fingerprint density at radius 3 is 2.24 bits per heavy atom. The van der Waals surface area contributed by atoms with Crippen LogP contribution in [0.15, 0.2) is 59.5 Å². The highest BCUT2D eigenvalue weighted by atomic mass is 35.5. The highest BCUT2D eigenvalue weighted by Gasteiger charge is 2.59. The number of rotatable bonds is 6. The molecule has 34 heavy (non-hydrogen) atoms. The van der Waals surface area contributed by atoms with Crippen molar-refractivity contribution in [2.24, 2.45) is 0 Å². The van der Waals surface area contributed by atoms with Crippen LogP contribution in [0.3, 0.4) is 0 Å². The van der Waals surface area contributed by atoms with E-state index in [1.165, 1.54) is 24.3 Å². The number of pyridine rings is 1. The Morgan fingerprint density at radius 1 is 1.09 bits per heavy atom. The van der Waals surface area contributed by atoms with Crippen molar-refractivity contribution in [1.29, 1.82) is 0 Å². The molecule has 0 unspecified atom stereocenters. The monoisotopic (exact) mass is 497 g/mol. The Morgan fingerprint density at radius 2 is 1.71 bits per heavy atom. The van der Waals surface area contributed by atoms with Gasteiger partial charge in [0.05, 0.1) is 5.56 Å². The Bertz CT molecular complexity index is 1300. The van der Waals surface area contributed by atoms with E-state index in [-0.39, 0.29) is 22.7 Å². The summed E-state index contributed by atoms with van der Waals surface area (Å²) in [7, 11) is 0. The minimum absolute atomic E-state index is 0.0258.